The fourth-order valence-corrected chi connectivity index (χ4v) is 3.49. The molecule has 3 nitrogen and oxygen atoms in total. The zero-order valence-corrected chi connectivity index (χ0v) is 13.9. The van der Waals surface area contributed by atoms with Crippen LogP contribution in [0.3, 0.4) is 0 Å². The maximum Gasteiger partial charge on any atom is 0.255 e. The van der Waals surface area contributed by atoms with Gasteiger partial charge < -0.3 is 4.90 Å². The molecule has 0 unspecified atom stereocenters. The van der Waals surface area contributed by atoms with E-state index in [2.05, 4.69) is 11.9 Å². The van der Waals surface area contributed by atoms with E-state index in [0.717, 1.165) is 42.4 Å². The number of nitrogens with zero attached hydrogens (tertiary/aromatic N) is 2. The number of aryl methyl sites for hydroxylation is 1. The Morgan fingerprint density at radius 2 is 2.18 bits per heavy atom. The summed E-state index contributed by atoms with van der Waals surface area (Å²) in [6, 6.07) is 7.89. The van der Waals surface area contributed by atoms with Gasteiger partial charge in [0.05, 0.1) is 16.8 Å². The molecule has 1 aliphatic rings. The molecule has 1 aromatic carbocycles. The second-order valence-electron chi connectivity index (χ2n) is 6.01. The Morgan fingerprint density at radius 1 is 1.36 bits per heavy atom. The van der Waals surface area contributed by atoms with Crippen LogP contribution in [0.1, 0.15) is 48.7 Å². The first kappa shape index (κ1) is 15.3. The van der Waals surface area contributed by atoms with E-state index in [9.17, 15) is 4.79 Å². The van der Waals surface area contributed by atoms with Gasteiger partial charge in [0.1, 0.15) is 0 Å². The van der Waals surface area contributed by atoms with Gasteiger partial charge in [0.25, 0.3) is 5.91 Å². The Kier molecular flexibility index (Phi) is 4.34. The van der Waals surface area contributed by atoms with Crippen LogP contribution in [0.15, 0.2) is 24.3 Å². The fraction of sp³-hybridized carbons (Fsp3) is 0.444. The normalized spacial score (nSPS) is 18.7. The van der Waals surface area contributed by atoms with E-state index in [1.807, 2.05) is 36.1 Å². The quantitative estimate of drug-likeness (QED) is 0.811. The number of benzene rings is 1. The Labute approximate surface area is 136 Å². The molecule has 0 spiro atoms. The van der Waals surface area contributed by atoms with E-state index in [0.29, 0.717) is 16.6 Å². The number of likely N-dealkylation sites (tertiary alicyclic amines) is 1. The van der Waals surface area contributed by atoms with Crippen molar-refractivity contribution in [2.75, 3.05) is 6.54 Å². The second kappa shape index (κ2) is 6.25. The highest BCUT2D eigenvalue weighted by Gasteiger charge is 2.27. The molecular weight excluding hydrogens is 296 g/mol. The lowest BCUT2D eigenvalue weighted by Gasteiger charge is -2.35. The number of rotatable bonds is 2. The van der Waals surface area contributed by atoms with Crippen LogP contribution in [0.25, 0.3) is 10.9 Å². The van der Waals surface area contributed by atoms with Crippen LogP contribution in [-0.2, 0) is 0 Å². The maximum atomic E-state index is 13.0. The van der Waals surface area contributed by atoms with Crippen molar-refractivity contribution in [2.45, 2.75) is 45.6 Å². The smallest absolute Gasteiger partial charge is 0.255 e. The lowest BCUT2D eigenvalue weighted by Crippen LogP contribution is -2.43. The predicted octanol–water partition coefficient (Wildman–Crippen LogP) is 4.60. The summed E-state index contributed by atoms with van der Waals surface area (Å²) in [4.78, 5) is 19.6. The van der Waals surface area contributed by atoms with Crippen LogP contribution in [0, 0.1) is 6.92 Å². The number of hydrogen-bond donors (Lipinski definition) is 0. The molecule has 0 aliphatic carbocycles. The average Bonchev–Trinajstić information content (AvgIpc) is 2.54. The number of fused-ring (bicyclic) bond motifs is 1. The van der Waals surface area contributed by atoms with Gasteiger partial charge in [-0.15, -0.1) is 0 Å². The summed E-state index contributed by atoms with van der Waals surface area (Å²) >= 11 is 6.06. The van der Waals surface area contributed by atoms with Gasteiger partial charge in [0.2, 0.25) is 0 Å². The third-order valence-corrected chi connectivity index (χ3v) is 4.79. The van der Waals surface area contributed by atoms with Crippen molar-refractivity contribution >= 4 is 28.4 Å². The molecule has 4 heteroatoms. The van der Waals surface area contributed by atoms with Gasteiger partial charge in [0, 0.05) is 23.0 Å². The lowest BCUT2D eigenvalue weighted by atomic mass is 9.98. The summed E-state index contributed by atoms with van der Waals surface area (Å²) in [5.74, 6) is 0.110. The number of carbonyl (C=O) groups excluding carboxylic acids is 1. The van der Waals surface area contributed by atoms with Gasteiger partial charge in [0.15, 0.2) is 0 Å². The summed E-state index contributed by atoms with van der Waals surface area (Å²) in [6.07, 6.45) is 4.42. The molecule has 116 valence electrons. The minimum absolute atomic E-state index is 0.110. The van der Waals surface area contributed by atoms with Crippen molar-refractivity contribution in [1.82, 2.24) is 9.88 Å². The van der Waals surface area contributed by atoms with E-state index in [4.69, 9.17) is 11.6 Å². The van der Waals surface area contributed by atoms with Gasteiger partial charge in [-0.05, 0) is 56.9 Å². The topological polar surface area (TPSA) is 33.2 Å². The Morgan fingerprint density at radius 3 is 2.95 bits per heavy atom. The predicted molar refractivity (Wildman–Crippen MR) is 90.5 cm³/mol. The van der Waals surface area contributed by atoms with E-state index in [1.54, 1.807) is 0 Å². The summed E-state index contributed by atoms with van der Waals surface area (Å²) in [6.45, 7) is 4.91. The largest absolute Gasteiger partial charge is 0.336 e. The molecule has 0 N–H and O–H groups in total. The minimum atomic E-state index is 0.110. The van der Waals surface area contributed by atoms with Crippen molar-refractivity contribution in [3.05, 3.63) is 40.5 Å². The monoisotopic (exact) mass is 316 g/mol. The van der Waals surface area contributed by atoms with Crippen molar-refractivity contribution in [3.63, 3.8) is 0 Å². The molecule has 1 aromatic heterocycles. The van der Waals surface area contributed by atoms with Gasteiger partial charge in [-0.2, -0.15) is 0 Å². The standard InChI is InChI=1S/C18H21ClN2O/c1-3-15-6-4-5-9-21(15)18(22)16-11-13-10-14(19)7-8-17(13)20-12(16)2/h7-8,10-11,15H,3-6,9H2,1-2H3/t15-/m1/s1. The Bertz CT molecular complexity index is 714. The highest BCUT2D eigenvalue weighted by Crippen LogP contribution is 2.25. The Balaban J connectivity index is 2.00. The Hall–Kier alpha value is -1.61. The molecule has 0 saturated carbocycles. The zero-order chi connectivity index (χ0) is 15.7. The molecule has 3 rings (SSSR count). The molecule has 0 bridgehead atoms. The van der Waals surface area contributed by atoms with Crippen LogP contribution in [0.5, 0.6) is 0 Å². The van der Waals surface area contributed by atoms with Crippen LogP contribution in [-0.4, -0.2) is 28.4 Å². The lowest BCUT2D eigenvalue weighted by molar-refractivity contribution is 0.0607. The van der Waals surface area contributed by atoms with Crippen LogP contribution in [0.2, 0.25) is 5.02 Å². The SMILES string of the molecule is CC[C@@H]1CCCCN1C(=O)c1cc2cc(Cl)ccc2nc1C. The molecule has 2 aromatic rings. The molecule has 1 fully saturated rings. The number of hydrogen-bond acceptors (Lipinski definition) is 2. The van der Waals surface area contributed by atoms with Crippen molar-refractivity contribution in [3.8, 4) is 0 Å². The third-order valence-electron chi connectivity index (χ3n) is 4.56. The molecule has 1 saturated heterocycles. The van der Waals surface area contributed by atoms with E-state index in [1.165, 1.54) is 6.42 Å². The summed E-state index contributed by atoms with van der Waals surface area (Å²) in [5.41, 5.74) is 2.37. The summed E-state index contributed by atoms with van der Waals surface area (Å²) < 4.78 is 0. The number of amides is 1. The number of pyridine rings is 1. The zero-order valence-electron chi connectivity index (χ0n) is 13.1. The molecular formula is C18H21ClN2O. The van der Waals surface area contributed by atoms with Crippen molar-refractivity contribution in [2.24, 2.45) is 0 Å². The van der Waals surface area contributed by atoms with Gasteiger partial charge in [-0.25, -0.2) is 0 Å². The maximum absolute atomic E-state index is 13.0. The van der Waals surface area contributed by atoms with Crippen LogP contribution < -0.4 is 0 Å². The van der Waals surface area contributed by atoms with Crippen LogP contribution in [0.4, 0.5) is 0 Å². The summed E-state index contributed by atoms with van der Waals surface area (Å²) in [5, 5.41) is 1.59. The number of carbonyl (C=O) groups is 1. The van der Waals surface area contributed by atoms with Gasteiger partial charge in [-0.1, -0.05) is 18.5 Å². The molecule has 1 amide bonds. The second-order valence-corrected chi connectivity index (χ2v) is 6.45. The van der Waals surface area contributed by atoms with E-state index in [-0.39, 0.29) is 5.91 Å². The minimum Gasteiger partial charge on any atom is -0.336 e. The fourth-order valence-electron chi connectivity index (χ4n) is 3.31. The first-order valence-corrected chi connectivity index (χ1v) is 8.36. The molecule has 0 radical (unpaired) electrons. The first-order valence-electron chi connectivity index (χ1n) is 7.98. The van der Waals surface area contributed by atoms with E-state index >= 15 is 0 Å². The summed E-state index contributed by atoms with van der Waals surface area (Å²) in [7, 11) is 0. The molecule has 1 aliphatic heterocycles. The molecule has 2 heterocycles. The average molecular weight is 317 g/mol. The highest BCUT2D eigenvalue weighted by molar-refractivity contribution is 6.31. The van der Waals surface area contributed by atoms with Gasteiger partial charge in [-0.3, -0.25) is 9.78 Å². The number of halogens is 1. The number of aromatic nitrogens is 1. The highest BCUT2D eigenvalue weighted by atomic mass is 35.5. The number of piperidine rings is 1. The molecule has 1 atom stereocenters. The van der Waals surface area contributed by atoms with Crippen LogP contribution >= 0.6 is 11.6 Å². The van der Waals surface area contributed by atoms with Crippen molar-refractivity contribution < 1.29 is 4.79 Å². The first-order chi connectivity index (χ1) is 10.6. The van der Waals surface area contributed by atoms with Crippen molar-refractivity contribution in [1.29, 1.82) is 0 Å². The van der Waals surface area contributed by atoms with Gasteiger partial charge >= 0.3 is 0 Å². The molecule has 22 heavy (non-hydrogen) atoms. The third kappa shape index (κ3) is 2.82. The van der Waals surface area contributed by atoms with E-state index < -0.39 is 0 Å².